The van der Waals surface area contributed by atoms with Crippen LogP contribution in [0.2, 0.25) is 0 Å². The number of nitrogens with one attached hydrogen (secondary N) is 1. The maximum absolute atomic E-state index is 12.5. The standard InChI is InChI=1S/C19H25N3O2/c1-4-22(5-2)15-9-7-14(8-10-15)20-19(23)18-16-12-13(3)6-11-17(16)24-21-18/h7-10,13H,4-6,11-12H2,1-3H3,(H,20,23)/t13-/m0/s1. The molecule has 1 heterocycles. The Morgan fingerprint density at radius 3 is 2.67 bits per heavy atom. The molecule has 1 aromatic carbocycles. The van der Waals surface area contributed by atoms with Gasteiger partial charge in [-0.05, 0) is 56.9 Å². The van der Waals surface area contributed by atoms with Gasteiger partial charge in [0.1, 0.15) is 5.76 Å². The van der Waals surface area contributed by atoms with E-state index in [1.165, 1.54) is 0 Å². The highest BCUT2D eigenvalue weighted by Gasteiger charge is 2.26. The number of benzene rings is 1. The molecule has 1 aromatic heterocycles. The maximum atomic E-state index is 12.5. The van der Waals surface area contributed by atoms with Crippen molar-refractivity contribution in [1.82, 2.24) is 5.16 Å². The molecule has 1 atom stereocenters. The summed E-state index contributed by atoms with van der Waals surface area (Å²) in [5.74, 6) is 1.25. The summed E-state index contributed by atoms with van der Waals surface area (Å²) in [5.41, 5.74) is 3.34. The molecule has 3 rings (SSSR count). The van der Waals surface area contributed by atoms with Gasteiger partial charge in [0, 0.05) is 36.4 Å². The van der Waals surface area contributed by atoms with Crippen molar-refractivity contribution < 1.29 is 9.32 Å². The number of anilines is 2. The van der Waals surface area contributed by atoms with Crippen molar-refractivity contribution in [1.29, 1.82) is 0 Å². The average molecular weight is 327 g/mol. The van der Waals surface area contributed by atoms with Gasteiger partial charge in [-0.25, -0.2) is 0 Å². The highest BCUT2D eigenvalue weighted by atomic mass is 16.5. The van der Waals surface area contributed by atoms with Gasteiger partial charge in [-0.3, -0.25) is 4.79 Å². The molecule has 5 nitrogen and oxygen atoms in total. The molecular formula is C19H25N3O2. The molecule has 0 saturated heterocycles. The number of aryl methyl sites for hydroxylation is 1. The number of carbonyl (C=O) groups is 1. The molecule has 0 unspecified atom stereocenters. The molecule has 0 fully saturated rings. The zero-order valence-electron chi connectivity index (χ0n) is 14.6. The Kier molecular flexibility index (Phi) is 4.88. The fraction of sp³-hybridized carbons (Fsp3) is 0.474. The minimum Gasteiger partial charge on any atom is -0.372 e. The molecule has 1 amide bonds. The highest BCUT2D eigenvalue weighted by molar-refractivity contribution is 6.04. The van der Waals surface area contributed by atoms with Gasteiger partial charge in [0.25, 0.3) is 5.91 Å². The topological polar surface area (TPSA) is 58.4 Å². The van der Waals surface area contributed by atoms with Crippen molar-refractivity contribution in [3.8, 4) is 0 Å². The van der Waals surface area contributed by atoms with Crippen LogP contribution in [0.3, 0.4) is 0 Å². The van der Waals surface area contributed by atoms with Crippen molar-refractivity contribution in [2.45, 2.75) is 40.0 Å². The minimum atomic E-state index is -0.190. The van der Waals surface area contributed by atoms with E-state index in [1.807, 2.05) is 24.3 Å². The summed E-state index contributed by atoms with van der Waals surface area (Å²) in [6.45, 7) is 8.39. The van der Waals surface area contributed by atoms with Crippen LogP contribution in [0.5, 0.6) is 0 Å². The molecule has 0 radical (unpaired) electrons. The Morgan fingerprint density at radius 2 is 2.00 bits per heavy atom. The number of fused-ring (bicyclic) bond motifs is 1. The number of hydrogen-bond donors (Lipinski definition) is 1. The largest absolute Gasteiger partial charge is 0.372 e. The third kappa shape index (κ3) is 3.30. The molecule has 1 aliphatic rings. The molecule has 0 bridgehead atoms. The Balaban J connectivity index is 1.73. The van der Waals surface area contributed by atoms with E-state index in [2.05, 4.69) is 36.1 Å². The quantitative estimate of drug-likeness (QED) is 0.905. The normalized spacial score (nSPS) is 16.5. The zero-order chi connectivity index (χ0) is 17.1. The van der Waals surface area contributed by atoms with Gasteiger partial charge in [-0.15, -0.1) is 0 Å². The SMILES string of the molecule is CCN(CC)c1ccc(NC(=O)c2noc3c2C[C@@H](C)CC3)cc1. The van der Waals surface area contributed by atoms with Crippen molar-refractivity contribution in [2.75, 3.05) is 23.3 Å². The lowest BCUT2D eigenvalue weighted by Crippen LogP contribution is -2.21. The molecule has 0 spiro atoms. The summed E-state index contributed by atoms with van der Waals surface area (Å²) in [5, 5.41) is 6.94. The van der Waals surface area contributed by atoms with Crippen LogP contribution in [0.25, 0.3) is 0 Å². The van der Waals surface area contributed by atoms with Crippen LogP contribution in [0.1, 0.15) is 49.0 Å². The summed E-state index contributed by atoms with van der Waals surface area (Å²) in [7, 11) is 0. The minimum absolute atomic E-state index is 0.190. The predicted molar refractivity (Wildman–Crippen MR) is 95.6 cm³/mol. The number of carbonyl (C=O) groups excluding carboxylic acids is 1. The van der Waals surface area contributed by atoms with Crippen molar-refractivity contribution in [2.24, 2.45) is 5.92 Å². The first-order valence-corrected chi connectivity index (χ1v) is 8.76. The van der Waals surface area contributed by atoms with E-state index in [4.69, 9.17) is 4.52 Å². The van der Waals surface area contributed by atoms with Crippen LogP contribution in [0, 0.1) is 5.92 Å². The number of amides is 1. The monoisotopic (exact) mass is 327 g/mol. The molecule has 2 aromatic rings. The lowest BCUT2D eigenvalue weighted by molar-refractivity contribution is 0.101. The average Bonchev–Trinajstić information content (AvgIpc) is 3.00. The fourth-order valence-electron chi connectivity index (χ4n) is 3.29. The third-order valence-electron chi connectivity index (χ3n) is 4.76. The lowest BCUT2D eigenvalue weighted by atomic mass is 9.88. The van der Waals surface area contributed by atoms with Crippen molar-refractivity contribution >= 4 is 17.3 Å². The van der Waals surface area contributed by atoms with Gasteiger partial charge in [-0.1, -0.05) is 12.1 Å². The van der Waals surface area contributed by atoms with Crippen LogP contribution in [-0.4, -0.2) is 24.2 Å². The number of aromatic nitrogens is 1. The van der Waals surface area contributed by atoms with Crippen LogP contribution in [0.4, 0.5) is 11.4 Å². The number of nitrogens with zero attached hydrogens (tertiary/aromatic N) is 2. The van der Waals surface area contributed by atoms with E-state index in [0.717, 1.165) is 55.1 Å². The van der Waals surface area contributed by atoms with Crippen LogP contribution in [0.15, 0.2) is 28.8 Å². The van der Waals surface area contributed by atoms with E-state index in [-0.39, 0.29) is 5.91 Å². The van der Waals surface area contributed by atoms with Crippen LogP contribution in [-0.2, 0) is 12.8 Å². The molecule has 24 heavy (non-hydrogen) atoms. The van der Waals surface area contributed by atoms with Gasteiger partial charge in [0.2, 0.25) is 0 Å². The second-order valence-corrected chi connectivity index (χ2v) is 6.45. The van der Waals surface area contributed by atoms with Crippen molar-refractivity contribution in [3.63, 3.8) is 0 Å². The van der Waals surface area contributed by atoms with E-state index in [9.17, 15) is 4.79 Å². The molecule has 0 saturated carbocycles. The van der Waals surface area contributed by atoms with E-state index in [0.29, 0.717) is 11.6 Å². The van der Waals surface area contributed by atoms with Gasteiger partial charge in [0.15, 0.2) is 5.69 Å². The van der Waals surface area contributed by atoms with Gasteiger partial charge < -0.3 is 14.7 Å². The first-order chi connectivity index (χ1) is 11.6. The van der Waals surface area contributed by atoms with E-state index >= 15 is 0 Å². The molecular weight excluding hydrogens is 302 g/mol. The first kappa shape index (κ1) is 16.6. The van der Waals surface area contributed by atoms with Gasteiger partial charge >= 0.3 is 0 Å². The predicted octanol–water partition coefficient (Wildman–Crippen LogP) is 3.90. The van der Waals surface area contributed by atoms with Crippen LogP contribution >= 0.6 is 0 Å². The first-order valence-electron chi connectivity index (χ1n) is 8.76. The van der Waals surface area contributed by atoms with Gasteiger partial charge in [0.05, 0.1) is 0 Å². The van der Waals surface area contributed by atoms with E-state index < -0.39 is 0 Å². The summed E-state index contributed by atoms with van der Waals surface area (Å²) >= 11 is 0. The Labute approximate surface area is 143 Å². The maximum Gasteiger partial charge on any atom is 0.278 e. The smallest absolute Gasteiger partial charge is 0.278 e. The van der Waals surface area contributed by atoms with Crippen LogP contribution < -0.4 is 10.2 Å². The third-order valence-corrected chi connectivity index (χ3v) is 4.76. The zero-order valence-corrected chi connectivity index (χ0v) is 14.6. The number of hydrogen-bond acceptors (Lipinski definition) is 4. The summed E-state index contributed by atoms with van der Waals surface area (Å²) in [4.78, 5) is 14.8. The summed E-state index contributed by atoms with van der Waals surface area (Å²) in [6, 6.07) is 7.92. The lowest BCUT2D eigenvalue weighted by Gasteiger charge is -2.21. The summed E-state index contributed by atoms with van der Waals surface area (Å²) < 4.78 is 5.36. The Morgan fingerprint density at radius 1 is 1.29 bits per heavy atom. The fourth-order valence-corrected chi connectivity index (χ4v) is 3.29. The molecule has 5 heteroatoms. The molecule has 128 valence electrons. The molecule has 1 N–H and O–H groups in total. The van der Waals surface area contributed by atoms with Crippen molar-refractivity contribution in [3.05, 3.63) is 41.3 Å². The molecule has 1 aliphatic carbocycles. The van der Waals surface area contributed by atoms with Gasteiger partial charge in [-0.2, -0.15) is 0 Å². The second-order valence-electron chi connectivity index (χ2n) is 6.45. The number of rotatable bonds is 5. The van der Waals surface area contributed by atoms with E-state index in [1.54, 1.807) is 0 Å². The Bertz CT molecular complexity index is 702. The second kappa shape index (κ2) is 7.07. The molecule has 0 aliphatic heterocycles. The highest BCUT2D eigenvalue weighted by Crippen LogP contribution is 2.28. The Hall–Kier alpha value is -2.30. The summed E-state index contributed by atoms with van der Waals surface area (Å²) in [6.07, 6.45) is 2.83.